The zero-order chi connectivity index (χ0) is 44.5. The van der Waals surface area contributed by atoms with Gasteiger partial charge in [-0.05, 0) is 227 Å². The average molecular weight is 849 g/mol. The summed E-state index contributed by atoms with van der Waals surface area (Å²) in [6.45, 7) is 40.1. The predicted octanol–water partition coefficient (Wildman–Crippen LogP) is 13.7. The van der Waals surface area contributed by atoms with Gasteiger partial charge in [0.1, 0.15) is 5.75 Å². The van der Waals surface area contributed by atoms with Gasteiger partial charge in [-0.25, -0.2) is 9.59 Å². The van der Waals surface area contributed by atoms with Crippen molar-refractivity contribution in [3.8, 4) is 29.4 Å². The zero-order valence-corrected chi connectivity index (χ0v) is 39.0. The number of hydrogen-bond donors (Lipinski definition) is 0. The molecule has 62 heavy (non-hydrogen) atoms. The van der Waals surface area contributed by atoms with Crippen molar-refractivity contribution in [3.63, 3.8) is 0 Å². The van der Waals surface area contributed by atoms with E-state index in [9.17, 15) is 9.59 Å². The average Bonchev–Trinajstić information content (AvgIpc) is 3.21. The Bertz CT molecular complexity index is 2170. The monoisotopic (exact) mass is 849 g/mol. The maximum atomic E-state index is 11.6. The van der Waals surface area contributed by atoms with Crippen LogP contribution in [0, 0.1) is 120 Å². The summed E-state index contributed by atoms with van der Waals surface area (Å²) in [7, 11) is 0. The van der Waals surface area contributed by atoms with Crippen molar-refractivity contribution in [2.75, 3.05) is 13.6 Å². The first kappa shape index (κ1) is 57.0. The molecule has 1 fully saturated rings. The smallest absolute Gasteiger partial charge is 0.335 e. The van der Waals surface area contributed by atoms with Gasteiger partial charge in [0.05, 0.1) is 6.10 Å². The molecule has 1 aliphatic rings. The van der Waals surface area contributed by atoms with Crippen molar-refractivity contribution in [3.05, 3.63) is 119 Å². The second-order valence-electron chi connectivity index (χ2n) is 16.5. The molecule has 6 nitrogen and oxygen atoms in total. The van der Waals surface area contributed by atoms with Gasteiger partial charge in [-0.1, -0.05) is 53.2 Å². The Labute approximate surface area is 378 Å². The third kappa shape index (κ3) is 13.5. The molecule has 340 valence electrons. The summed E-state index contributed by atoms with van der Waals surface area (Å²) in [5, 5.41) is 0. The molecule has 1 aliphatic carbocycles. The molecular weight excluding hydrogens is 769 g/mol. The van der Waals surface area contributed by atoms with Crippen molar-refractivity contribution < 1.29 is 28.5 Å². The highest BCUT2D eigenvalue weighted by molar-refractivity contribution is 5.87. The first-order valence-electron chi connectivity index (χ1n) is 20.8. The molecule has 0 N–H and O–H groups in total. The van der Waals surface area contributed by atoms with Crippen LogP contribution in [0.25, 0.3) is 0 Å². The van der Waals surface area contributed by atoms with Gasteiger partial charge in [0.25, 0.3) is 0 Å². The summed E-state index contributed by atoms with van der Waals surface area (Å²) in [5.74, 6) is 13.8. The van der Waals surface area contributed by atoms with E-state index in [2.05, 4.69) is 99.2 Å². The summed E-state index contributed by atoms with van der Waals surface area (Å²) in [4.78, 5) is 22.9. The minimum atomic E-state index is -0.452. The van der Waals surface area contributed by atoms with Crippen LogP contribution < -0.4 is 4.74 Å². The van der Waals surface area contributed by atoms with E-state index >= 15 is 0 Å². The molecule has 0 heterocycles. The lowest BCUT2D eigenvalue weighted by Gasteiger charge is -2.30. The largest absolute Gasteiger partial charge is 0.457 e. The Hall–Kier alpha value is -5.04. The van der Waals surface area contributed by atoms with Gasteiger partial charge >= 0.3 is 11.9 Å². The molecule has 0 atom stereocenters. The van der Waals surface area contributed by atoms with Gasteiger partial charge in [-0.3, -0.25) is 0 Å². The van der Waals surface area contributed by atoms with Crippen LogP contribution in [0.4, 0.5) is 0 Å². The van der Waals surface area contributed by atoms with Crippen molar-refractivity contribution in [1.29, 1.82) is 0 Å². The standard InChI is InChI=1S/C35H46O3.C18H22O3.3CH4/c1-20(2)35(36)38-19-37-31-14-12-30(13-15-31)18-34-28(10)26(8)33(27(9)29(34)11)17-16-32-24(6)22(4)21(3)23(5)25(32)7;1-8-9-16-12(4)14(6)17(15(7)13(16)5)20-10-21-18(19)11(2)3;;;/h30-31H,1,12-15,18-19H2,2-11H3;2,10H2,1,3-7H3;3*1H4. The summed E-state index contributed by atoms with van der Waals surface area (Å²) in [6, 6.07) is 0. The Morgan fingerprint density at radius 2 is 0.871 bits per heavy atom. The molecule has 3 aromatic rings. The second kappa shape index (κ2) is 25.2. The Morgan fingerprint density at radius 1 is 0.516 bits per heavy atom. The molecule has 4 rings (SSSR count). The van der Waals surface area contributed by atoms with Crippen LogP contribution in [0.2, 0.25) is 0 Å². The molecule has 3 aromatic carbocycles. The Kier molecular flexibility index (Phi) is 23.1. The molecule has 0 aliphatic heterocycles. The normalized spacial score (nSPS) is 13.7. The summed E-state index contributed by atoms with van der Waals surface area (Å²) < 4.78 is 21.5. The minimum Gasteiger partial charge on any atom is -0.457 e. The van der Waals surface area contributed by atoms with Crippen LogP contribution in [0.5, 0.6) is 5.75 Å². The molecule has 0 bridgehead atoms. The number of rotatable bonds is 10. The highest BCUT2D eigenvalue weighted by Crippen LogP contribution is 2.35. The van der Waals surface area contributed by atoms with E-state index in [1.165, 1.54) is 66.8 Å². The molecule has 0 amide bonds. The topological polar surface area (TPSA) is 71.1 Å². The summed E-state index contributed by atoms with van der Waals surface area (Å²) in [6.07, 6.45) is 5.52. The summed E-state index contributed by atoms with van der Waals surface area (Å²) in [5.41, 5.74) is 21.9. The van der Waals surface area contributed by atoms with E-state index in [0.29, 0.717) is 17.1 Å². The fourth-order valence-electron chi connectivity index (χ4n) is 7.87. The van der Waals surface area contributed by atoms with Crippen LogP contribution in [-0.4, -0.2) is 31.6 Å². The quantitative estimate of drug-likeness (QED) is 0.0876. The molecule has 1 saturated carbocycles. The van der Waals surface area contributed by atoms with Crippen LogP contribution >= 0.6 is 0 Å². The van der Waals surface area contributed by atoms with Crippen LogP contribution in [-0.2, 0) is 30.2 Å². The van der Waals surface area contributed by atoms with Crippen LogP contribution in [0.15, 0.2) is 24.3 Å². The van der Waals surface area contributed by atoms with Gasteiger partial charge in [-0.2, -0.15) is 0 Å². The zero-order valence-electron chi connectivity index (χ0n) is 39.0. The van der Waals surface area contributed by atoms with E-state index in [0.717, 1.165) is 65.7 Å². The predicted molar refractivity (Wildman–Crippen MR) is 262 cm³/mol. The SMILES string of the molecule is C.C.C.C=C(C)C(=O)OCOC1CCC(Cc2c(C)c(C)c(C#Cc3c(C)c(C)c(C)c(C)c3C)c(C)c2C)CC1.C=C(C)C(=O)OCOc1c(C)c(C)c(C#CC)c(C)c1C. The first-order chi connectivity index (χ1) is 27.7. The fourth-order valence-corrected chi connectivity index (χ4v) is 7.87. The van der Waals surface area contributed by atoms with E-state index < -0.39 is 11.9 Å². The first-order valence-corrected chi connectivity index (χ1v) is 20.8. The van der Waals surface area contributed by atoms with E-state index in [4.69, 9.17) is 18.9 Å². The van der Waals surface area contributed by atoms with E-state index in [-0.39, 0.29) is 42.0 Å². The molecule has 0 unspecified atom stereocenters. The van der Waals surface area contributed by atoms with Crippen molar-refractivity contribution in [1.82, 2.24) is 0 Å². The lowest BCUT2D eigenvalue weighted by atomic mass is 9.79. The van der Waals surface area contributed by atoms with Gasteiger partial charge in [0.15, 0.2) is 6.79 Å². The number of carbonyl (C=O) groups excluding carboxylic acids is 2. The molecule has 0 aromatic heterocycles. The summed E-state index contributed by atoms with van der Waals surface area (Å²) >= 11 is 0. The number of carbonyl (C=O) groups is 2. The minimum absolute atomic E-state index is 0. The lowest BCUT2D eigenvalue weighted by molar-refractivity contribution is -0.158. The number of hydrogen-bond acceptors (Lipinski definition) is 6. The molecule has 6 heteroatoms. The Balaban J connectivity index is 0.00000133. The molecule has 0 radical (unpaired) electrons. The highest BCUT2D eigenvalue weighted by Gasteiger charge is 2.25. The van der Waals surface area contributed by atoms with Crippen molar-refractivity contribution in [2.24, 2.45) is 5.92 Å². The van der Waals surface area contributed by atoms with Crippen molar-refractivity contribution in [2.45, 2.75) is 171 Å². The lowest BCUT2D eigenvalue weighted by Crippen LogP contribution is -2.25. The van der Waals surface area contributed by atoms with Crippen LogP contribution in [0.1, 0.15) is 163 Å². The number of benzene rings is 3. The number of esters is 2. The molecule has 0 spiro atoms. The molecule has 0 saturated heterocycles. The van der Waals surface area contributed by atoms with Gasteiger partial charge in [-0.15, -0.1) is 5.92 Å². The maximum absolute atomic E-state index is 11.6. The molecular formula is C56H80O6. The highest BCUT2D eigenvalue weighted by atomic mass is 16.7. The Morgan fingerprint density at radius 3 is 1.27 bits per heavy atom. The van der Waals surface area contributed by atoms with Gasteiger partial charge in [0.2, 0.25) is 6.79 Å². The van der Waals surface area contributed by atoms with Gasteiger partial charge in [0, 0.05) is 27.8 Å². The second-order valence-corrected chi connectivity index (χ2v) is 16.5. The fraction of sp³-hybridized carbons (Fsp3) is 0.500. The van der Waals surface area contributed by atoms with Crippen molar-refractivity contribution >= 4 is 11.9 Å². The third-order valence-electron chi connectivity index (χ3n) is 12.8. The van der Waals surface area contributed by atoms with E-state index in [1.807, 2.05) is 34.6 Å². The number of ether oxygens (including phenoxy) is 4. The van der Waals surface area contributed by atoms with Gasteiger partial charge < -0.3 is 18.9 Å². The van der Waals surface area contributed by atoms with Crippen LogP contribution in [0.3, 0.4) is 0 Å². The third-order valence-corrected chi connectivity index (χ3v) is 12.8. The maximum Gasteiger partial charge on any atom is 0.335 e. The van der Waals surface area contributed by atoms with E-state index in [1.54, 1.807) is 13.8 Å².